The Labute approximate surface area is 130 Å². The molecular formula is C12H16BrF3N2O2S. The van der Waals surface area contributed by atoms with Gasteiger partial charge in [-0.3, -0.25) is 0 Å². The number of rotatable bonds is 5. The van der Waals surface area contributed by atoms with Gasteiger partial charge in [0.15, 0.2) is 0 Å². The number of nitrogens with one attached hydrogen (secondary N) is 2. The highest BCUT2D eigenvalue weighted by Crippen LogP contribution is 2.36. The average molecular weight is 389 g/mol. The highest BCUT2D eigenvalue weighted by Gasteiger charge is 2.34. The second-order valence-corrected chi connectivity index (χ2v) is 7.96. The van der Waals surface area contributed by atoms with Crippen molar-refractivity contribution < 1.29 is 21.6 Å². The van der Waals surface area contributed by atoms with Gasteiger partial charge in [-0.15, -0.1) is 0 Å². The van der Waals surface area contributed by atoms with Crippen LogP contribution in [-0.4, -0.2) is 26.8 Å². The van der Waals surface area contributed by atoms with Crippen molar-refractivity contribution >= 4 is 31.6 Å². The van der Waals surface area contributed by atoms with Crippen LogP contribution in [0.3, 0.4) is 0 Å². The fraction of sp³-hybridized carbons (Fsp3) is 0.500. The van der Waals surface area contributed by atoms with E-state index >= 15 is 0 Å². The van der Waals surface area contributed by atoms with Crippen molar-refractivity contribution in [2.75, 3.05) is 18.1 Å². The van der Waals surface area contributed by atoms with E-state index in [2.05, 4.69) is 26.0 Å². The highest BCUT2D eigenvalue weighted by molar-refractivity contribution is 9.10. The predicted octanol–water partition coefficient (Wildman–Crippen LogP) is 3.21. The van der Waals surface area contributed by atoms with Crippen LogP contribution in [-0.2, 0) is 16.2 Å². The Balaban J connectivity index is 2.96. The zero-order chi connectivity index (χ0) is 16.5. The normalized spacial score (nSPS) is 13.3. The van der Waals surface area contributed by atoms with Crippen molar-refractivity contribution in [2.24, 2.45) is 0 Å². The molecule has 0 spiro atoms. The number of hydrogen-bond acceptors (Lipinski definition) is 3. The van der Waals surface area contributed by atoms with Crippen LogP contribution in [0, 0.1) is 0 Å². The summed E-state index contributed by atoms with van der Waals surface area (Å²) in [5.74, 6) is 0. The second kappa shape index (κ2) is 6.13. The monoisotopic (exact) mass is 388 g/mol. The third kappa shape index (κ3) is 6.23. The number of benzene rings is 1. The molecule has 0 unspecified atom stereocenters. The van der Waals surface area contributed by atoms with E-state index in [-0.39, 0.29) is 12.2 Å². The van der Waals surface area contributed by atoms with Crippen LogP contribution in [0.1, 0.15) is 19.4 Å². The average Bonchev–Trinajstić information content (AvgIpc) is 2.21. The van der Waals surface area contributed by atoms with Crippen LogP contribution in [0.15, 0.2) is 22.7 Å². The van der Waals surface area contributed by atoms with Crippen LogP contribution < -0.4 is 10.0 Å². The molecule has 0 fully saturated rings. The summed E-state index contributed by atoms with van der Waals surface area (Å²) in [4.78, 5) is 0. The van der Waals surface area contributed by atoms with Gasteiger partial charge >= 0.3 is 6.18 Å². The van der Waals surface area contributed by atoms with Crippen LogP contribution >= 0.6 is 15.9 Å². The summed E-state index contributed by atoms with van der Waals surface area (Å²) in [5, 5.41) is 2.65. The van der Waals surface area contributed by atoms with E-state index < -0.39 is 27.3 Å². The molecule has 1 rings (SSSR count). The van der Waals surface area contributed by atoms with Crippen LogP contribution in [0.2, 0.25) is 0 Å². The van der Waals surface area contributed by atoms with E-state index in [0.29, 0.717) is 4.47 Å². The third-order valence-corrected chi connectivity index (χ3v) is 3.89. The summed E-state index contributed by atoms with van der Waals surface area (Å²) < 4.78 is 64.0. The number of sulfonamides is 1. The molecule has 1 aromatic carbocycles. The van der Waals surface area contributed by atoms with E-state index in [0.717, 1.165) is 12.3 Å². The molecule has 0 radical (unpaired) electrons. The van der Waals surface area contributed by atoms with Gasteiger partial charge in [0, 0.05) is 22.2 Å². The minimum absolute atomic E-state index is 0.000394. The van der Waals surface area contributed by atoms with E-state index in [4.69, 9.17) is 0 Å². The summed E-state index contributed by atoms with van der Waals surface area (Å²) in [5.41, 5.74) is -1.85. The SMILES string of the molecule is CC(C)(CNc1cc(Br)ccc1C(F)(F)F)NS(C)(=O)=O. The van der Waals surface area contributed by atoms with E-state index in [9.17, 15) is 21.6 Å². The first-order valence-electron chi connectivity index (χ1n) is 5.90. The van der Waals surface area contributed by atoms with Gasteiger partial charge < -0.3 is 5.32 Å². The first-order valence-corrected chi connectivity index (χ1v) is 8.58. The molecule has 0 heterocycles. The zero-order valence-corrected chi connectivity index (χ0v) is 14.1. The van der Waals surface area contributed by atoms with Gasteiger partial charge in [-0.2, -0.15) is 13.2 Å². The predicted molar refractivity (Wildman–Crippen MR) is 79.7 cm³/mol. The van der Waals surface area contributed by atoms with Gasteiger partial charge in [-0.25, -0.2) is 13.1 Å². The first-order chi connectivity index (χ1) is 9.30. The molecule has 0 aliphatic carbocycles. The number of alkyl halides is 3. The molecule has 0 aromatic heterocycles. The molecule has 4 nitrogen and oxygen atoms in total. The Morgan fingerprint density at radius 2 is 1.81 bits per heavy atom. The van der Waals surface area contributed by atoms with Crippen molar-refractivity contribution in [1.82, 2.24) is 4.72 Å². The smallest absolute Gasteiger partial charge is 0.383 e. The second-order valence-electron chi connectivity index (χ2n) is 5.30. The van der Waals surface area contributed by atoms with Crippen LogP contribution in [0.5, 0.6) is 0 Å². The van der Waals surface area contributed by atoms with Crippen molar-refractivity contribution in [2.45, 2.75) is 25.6 Å². The molecule has 120 valence electrons. The lowest BCUT2D eigenvalue weighted by atomic mass is 10.1. The molecule has 9 heteroatoms. The molecule has 21 heavy (non-hydrogen) atoms. The highest BCUT2D eigenvalue weighted by atomic mass is 79.9. The Morgan fingerprint density at radius 3 is 2.29 bits per heavy atom. The maximum Gasteiger partial charge on any atom is 0.418 e. The molecular weight excluding hydrogens is 373 g/mol. The van der Waals surface area contributed by atoms with Crippen molar-refractivity contribution in [3.05, 3.63) is 28.2 Å². The van der Waals surface area contributed by atoms with Gasteiger partial charge in [0.25, 0.3) is 0 Å². The lowest BCUT2D eigenvalue weighted by Gasteiger charge is -2.27. The summed E-state index contributed by atoms with van der Waals surface area (Å²) in [7, 11) is -3.45. The van der Waals surface area contributed by atoms with Gasteiger partial charge in [-0.05, 0) is 32.0 Å². The lowest BCUT2D eigenvalue weighted by Crippen LogP contribution is -2.47. The van der Waals surface area contributed by atoms with Crippen molar-refractivity contribution in [3.63, 3.8) is 0 Å². The molecule has 0 aliphatic heterocycles. The maximum absolute atomic E-state index is 12.9. The Morgan fingerprint density at radius 1 is 1.24 bits per heavy atom. The summed E-state index contributed by atoms with van der Waals surface area (Å²) in [6.45, 7) is 3.15. The number of hydrogen-bond donors (Lipinski definition) is 2. The Kier molecular flexibility index (Phi) is 5.33. The topological polar surface area (TPSA) is 58.2 Å². The first kappa shape index (κ1) is 18.2. The molecule has 0 aliphatic rings. The van der Waals surface area contributed by atoms with Gasteiger partial charge in [0.05, 0.1) is 11.8 Å². The Hall–Kier alpha value is -0.800. The molecule has 0 bridgehead atoms. The van der Waals surface area contributed by atoms with E-state index in [1.165, 1.54) is 12.1 Å². The largest absolute Gasteiger partial charge is 0.418 e. The quantitative estimate of drug-likeness (QED) is 0.813. The van der Waals surface area contributed by atoms with Gasteiger partial charge in [0.2, 0.25) is 10.0 Å². The summed E-state index contributed by atoms with van der Waals surface area (Å²) in [6.07, 6.45) is -3.49. The molecule has 0 saturated heterocycles. The molecule has 0 atom stereocenters. The van der Waals surface area contributed by atoms with Crippen LogP contribution in [0.4, 0.5) is 18.9 Å². The zero-order valence-electron chi connectivity index (χ0n) is 11.7. The van der Waals surface area contributed by atoms with Crippen molar-refractivity contribution in [3.8, 4) is 0 Å². The maximum atomic E-state index is 12.9. The van der Waals surface area contributed by atoms with Gasteiger partial charge in [0.1, 0.15) is 0 Å². The van der Waals surface area contributed by atoms with Crippen molar-refractivity contribution in [1.29, 1.82) is 0 Å². The number of halogens is 4. The number of anilines is 1. The lowest BCUT2D eigenvalue weighted by molar-refractivity contribution is -0.137. The fourth-order valence-corrected chi connectivity index (χ4v) is 3.20. The Bertz CT molecular complexity index is 615. The molecule has 0 saturated carbocycles. The molecule has 2 N–H and O–H groups in total. The fourth-order valence-electron chi connectivity index (χ4n) is 1.76. The summed E-state index contributed by atoms with van der Waals surface area (Å²) >= 11 is 3.11. The van der Waals surface area contributed by atoms with Crippen LogP contribution in [0.25, 0.3) is 0 Å². The third-order valence-electron chi connectivity index (χ3n) is 2.47. The molecule has 0 amide bonds. The molecule has 1 aromatic rings. The minimum atomic E-state index is -4.49. The van der Waals surface area contributed by atoms with E-state index in [1.54, 1.807) is 13.8 Å². The van der Waals surface area contributed by atoms with Gasteiger partial charge in [-0.1, -0.05) is 15.9 Å². The summed E-state index contributed by atoms with van der Waals surface area (Å²) in [6, 6.07) is 3.57. The standard InChI is InChI=1S/C12H16BrF3N2O2S/c1-11(2,18-21(3,19)20)7-17-10-6-8(13)4-5-9(10)12(14,15)16/h4-6,17-18H,7H2,1-3H3. The minimum Gasteiger partial charge on any atom is -0.383 e. The van der Waals surface area contributed by atoms with E-state index in [1.807, 2.05) is 0 Å².